The first-order valence-corrected chi connectivity index (χ1v) is 6.52. The summed E-state index contributed by atoms with van der Waals surface area (Å²) in [6.07, 6.45) is 4.68. The van der Waals surface area contributed by atoms with Crippen molar-refractivity contribution in [2.24, 2.45) is 0 Å². The molecule has 3 unspecified atom stereocenters. The van der Waals surface area contributed by atoms with Crippen molar-refractivity contribution < 1.29 is 20.1 Å². The lowest BCUT2D eigenvalue weighted by Gasteiger charge is -2.26. The number of rotatable bonds is 2. The highest BCUT2D eigenvalue weighted by Gasteiger charge is 2.55. The van der Waals surface area contributed by atoms with Gasteiger partial charge in [0.1, 0.15) is 29.3 Å². The number of aliphatic hydroxyl groups is 3. The van der Waals surface area contributed by atoms with E-state index in [-0.39, 0.29) is 5.15 Å². The van der Waals surface area contributed by atoms with Gasteiger partial charge in [-0.2, -0.15) is 0 Å². The molecule has 110 valence electrons. The van der Waals surface area contributed by atoms with Crippen molar-refractivity contribution in [2.45, 2.75) is 24.0 Å². The molecule has 21 heavy (non-hydrogen) atoms. The van der Waals surface area contributed by atoms with Gasteiger partial charge in [-0.15, -0.1) is 6.42 Å². The Morgan fingerprint density at radius 2 is 2.29 bits per heavy atom. The number of hydrogen-bond donors (Lipinski definition) is 3. The molecule has 1 aliphatic rings. The quantitative estimate of drug-likeness (QED) is 0.520. The number of aromatic nitrogens is 3. The van der Waals surface area contributed by atoms with Gasteiger partial charge >= 0.3 is 0 Å². The highest BCUT2D eigenvalue weighted by molar-refractivity contribution is 6.33. The van der Waals surface area contributed by atoms with Crippen LogP contribution in [-0.4, -0.2) is 54.3 Å². The van der Waals surface area contributed by atoms with Gasteiger partial charge in [0.2, 0.25) is 0 Å². The van der Waals surface area contributed by atoms with E-state index in [0.717, 1.165) is 0 Å². The zero-order chi connectivity index (χ0) is 15.2. The second-order valence-electron chi connectivity index (χ2n) is 4.75. The second-order valence-corrected chi connectivity index (χ2v) is 5.11. The number of hydrogen-bond acceptors (Lipinski definition) is 6. The Hall–Kier alpha value is -1.69. The second kappa shape index (κ2) is 4.94. The maximum Gasteiger partial charge on any atom is 0.199 e. The van der Waals surface area contributed by atoms with Crippen LogP contribution in [0.5, 0.6) is 0 Å². The molecule has 0 amide bonds. The number of aliphatic hydroxyl groups excluding tert-OH is 2. The molecule has 0 bridgehead atoms. The molecule has 0 aliphatic carbocycles. The van der Waals surface area contributed by atoms with Gasteiger partial charge < -0.3 is 24.6 Å². The van der Waals surface area contributed by atoms with Gasteiger partial charge in [-0.1, -0.05) is 17.5 Å². The SMILES string of the molecule is C#C[C@@]1(O)C(O)C(CO)OC1n1ccc2c(Cl)ncnc21. The highest BCUT2D eigenvalue weighted by atomic mass is 35.5. The molecule has 7 nitrogen and oxygen atoms in total. The van der Waals surface area contributed by atoms with Gasteiger partial charge in [0.25, 0.3) is 0 Å². The van der Waals surface area contributed by atoms with Crippen molar-refractivity contribution in [3.05, 3.63) is 23.7 Å². The molecule has 1 saturated heterocycles. The fourth-order valence-electron chi connectivity index (χ4n) is 2.48. The third-order valence-electron chi connectivity index (χ3n) is 3.61. The van der Waals surface area contributed by atoms with Crippen molar-refractivity contribution in [3.63, 3.8) is 0 Å². The van der Waals surface area contributed by atoms with E-state index >= 15 is 0 Å². The van der Waals surface area contributed by atoms with Gasteiger partial charge in [0.15, 0.2) is 11.8 Å². The Morgan fingerprint density at radius 1 is 1.52 bits per heavy atom. The average molecular weight is 310 g/mol. The summed E-state index contributed by atoms with van der Waals surface area (Å²) in [6.45, 7) is -0.476. The molecule has 0 aromatic carbocycles. The number of ether oxygens (including phenoxy) is 1. The van der Waals surface area contributed by atoms with Crippen LogP contribution in [0.3, 0.4) is 0 Å². The van der Waals surface area contributed by atoms with Crippen LogP contribution >= 0.6 is 11.6 Å². The molecular formula is C13H12ClN3O4. The van der Waals surface area contributed by atoms with E-state index in [1.807, 2.05) is 0 Å². The van der Waals surface area contributed by atoms with E-state index < -0.39 is 30.6 Å². The van der Waals surface area contributed by atoms with Crippen molar-refractivity contribution in [1.82, 2.24) is 14.5 Å². The standard InChI is InChI=1S/C13H12ClN3O4/c1-2-13(20)9(19)8(5-18)21-12(13)17-4-3-7-10(14)15-6-16-11(7)17/h1,3-4,6,8-9,12,18-20H,5H2/t8?,9?,12?,13-/m1/s1. The summed E-state index contributed by atoms with van der Waals surface area (Å²) in [5.74, 6) is 2.14. The van der Waals surface area contributed by atoms with Crippen molar-refractivity contribution in [3.8, 4) is 12.3 Å². The van der Waals surface area contributed by atoms with Crippen LogP contribution in [0, 0.1) is 12.3 Å². The normalized spacial score (nSPS) is 32.4. The monoisotopic (exact) mass is 309 g/mol. The fraction of sp³-hybridized carbons (Fsp3) is 0.385. The molecule has 0 radical (unpaired) electrons. The highest BCUT2D eigenvalue weighted by Crippen LogP contribution is 2.39. The maximum absolute atomic E-state index is 10.5. The zero-order valence-corrected chi connectivity index (χ0v) is 11.5. The lowest BCUT2D eigenvalue weighted by atomic mass is 9.95. The Labute approximate surface area is 124 Å². The third kappa shape index (κ3) is 1.92. The molecule has 0 spiro atoms. The van der Waals surface area contributed by atoms with Crippen molar-refractivity contribution in [2.75, 3.05) is 6.61 Å². The fourth-order valence-corrected chi connectivity index (χ4v) is 2.67. The Balaban J connectivity index is 2.14. The molecule has 3 rings (SSSR count). The van der Waals surface area contributed by atoms with Crippen molar-refractivity contribution in [1.29, 1.82) is 0 Å². The van der Waals surface area contributed by atoms with E-state index in [0.29, 0.717) is 11.0 Å². The first-order chi connectivity index (χ1) is 10.0. The maximum atomic E-state index is 10.5. The number of terminal acetylenes is 1. The first kappa shape index (κ1) is 14.3. The molecule has 4 atom stereocenters. The lowest BCUT2D eigenvalue weighted by molar-refractivity contribution is -0.0718. The molecule has 2 aromatic heterocycles. The van der Waals surface area contributed by atoms with Gasteiger partial charge in [-0.05, 0) is 6.07 Å². The molecule has 2 aromatic rings. The average Bonchev–Trinajstić information content (AvgIpc) is 3.01. The molecule has 3 N–H and O–H groups in total. The van der Waals surface area contributed by atoms with Crippen LogP contribution in [0.4, 0.5) is 0 Å². The summed E-state index contributed by atoms with van der Waals surface area (Å²) in [5, 5.41) is 30.6. The lowest BCUT2D eigenvalue weighted by Crippen LogP contribution is -2.45. The summed E-state index contributed by atoms with van der Waals surface area (Å²) in [4.78, 5) is 7.94. The van der Waals surface area contributed by atoms with Gasteiger partial charge in [-0.3, -0.25) is 0 Å². The minimum Gasteiger partial charge on any atom is -0.394 e. The van der Waals surface area contributed by atoms with Crippen LogP contribution in [-0.2, 0) is 4.74 Å². The summed E-state index contributed by atoms with van der Waals surface area (Å²) >= 11 is 5.97. The predicted molar refractivity (Wildman–Crippen MR) is 73.3 cm³/mol. The van der Waals surface area contributed by atoms with Crippen LogP contribution < -0.4 is 0 Å². The van der Waals surface area contributed by atoms with E-state index in [2.05, 4.69) is 15.9 Å². The van der Waals surface area contributed by atoms with Crippen molar-refractivity contribution >= 4 is 22.6 Å². The molecule has 0 saturated carbocycles. The Morgan fingerprint density at radius 3 is 2.95 bits per heavy atom. The minimum atomic E-state index is -1.99. The van der Waals surface area contributed by atoms with E-state index in [9.17, 15) is 15.3 Å². The summed E-state index contributed by atoms with van der Waals surface area (Å²) in [5.41, 5.74) is -1.59. The van der Waals surface area contributed by atoms with E-state index in [1.165, 1.54) is 10.9 Å². The third-order valence-corrected chi connectivity index (χ3v) is 3.91. The van der Waals surface area contributed by atoms with Gasteiger partial charge in [0.05, 0.1) is 12.0 Å². The number of fused-ring (bicyclic) bond motifs is 1. The molecular weight excluding hydrogens is 298 g/mol. The van der Waals surface area contributed by atoms with E-state index in [4.69, 9.17) is 22.8 Å². The van der Waals surface area contributed by atoms with Crippen LogP contribution in [0.2, 0.25) is 5.15 Å². The van der Waals surface area contributed by atoms with Gasteiger partial charge in [0, 0.05) is 6.20 Å². The van der Waals surface area contributed by atoms with Crippen LogP contribution in [0.15, 0.2) is 18.6 Å². The van der Waals surface area contributed by atoms with Crippen LogP contribution in [0.25, 0.3) is 11.0 Å². The Bertz CT molecular complexity index is 728. The minimum absolute atomic E-state index is 0.250. The number of nitrogens with zero attached hydrogens (tertiary/aromatic N) is 3. The molecule has 1 fully saturated rings. The Kier molecular flexibility index (Phi) is 3.36. The molecule has 1 aliphatic heterocycles. The molecule has 3 heterocycles. The zero-order valence-electron chi connectivity index (χ0n) is 10.7. The molecule has 8 heteroatoms. The summed E-state index contributed by atoms with van der Waals surface area (Å²) in [7, 11) is 0. The smallest absolute Gasteiger partial charge is 0.199 e. The van der Waals surface area contributed by atoms with E-state index in [1.54, 1.807) is 12.3 Å². The summed E-state index contributed by atoms with van der Waals surface area (Å²) in [6, 6.07) is 1.65. The predicted octanol–water partition coefficient (Wildman–Crippen LogP) is -0.300. The van der Waals surface area contributed by atoms with Crippen LogP contribution in [0.1, 0.15) is 6.23 Å². The van der Waals surface area contributed by atoms with Gasteiger partial charge in [-0.25, -0.2) is 9.97 Å². The summed E-state index contributed by atoms with van der Waals surface area (Å²) < 4.78 is 6.95. The topological polar surface area (TPSA) is 101 Å². The first-order valence-electron chi connectivity index (χ1n) is 6.14. The largest absolute Gasteiger partial charge is 0.394 e. The number of halogens is 1.